The van der Waals surface area contributed by atoms with Gasteiger partial charge in [-0.3, -0.25) is 4.99 Å². The Morgan fingerprint density at radius 2 is 2.14 bits per heavy atom. The molecule has 0 aromatic heterocycles. The van der Waals surface area contributed by atoms with Crippen LogP contribution in [0.2, 0.25) is 0 Å². The number of methoxy groups -OCH3 is 1. The van der Waals surface area contributed by atoms with E-state index < -0.39 is 0 Å². The zero-order valence-corrected chi connectivity index (χ0v) is 14.8. The highest BCUT2D eigenvalue weighted by Crippen LogP contribution is 2.47. The maximum Gasteiger partial charge on any atom is 0.191 e. The van der Waals surface area contributed by atoms with Gasteiger partial charge in [0, 0.05) is 32.7 Å². The first kappa shape index (κ1) is 18.2. The lowest BCUT2D eigenvalue weighted by molar-refractivity contribution is 0.203. The molecule has 0 saturated heterocycles. The molecule has 118 valence electrons. The van der Waals surface area contributed by atoms with E-state index in [0.717, 1.165) is 30.9 Å². The number of rotatable bonds is 6. The van der Waals surface area contributed by atoms with Gasteiger partial charge in [-0.1, -0.05) is 12.1 Å². The summed E-state index contributed by atoms with van der Waals surface area (Å²) in [5, 5.41) is 6.48. The van der Waals surface area contributed by atoms with Gasteiger partial charge in [0.05, 0.1) is 6.61 Å². The number of benzene rings is 1. The molecule has 4 nitrogen and oxygen atoms in total. The molecule has 0 spiro atoms. The second-order valence-electron chi connectivity index (χ2n) is 5.14. The fraction of sp³-hybridized carbons (Fsp3) is 0.533. The third kappa shape index (κ3) is 5.10. The first-order valence-corrected chi connectivity index (χ1v) is 6.90. The number of hydrogen-bond donors (Lipinski definition) is 2. The van der Waals surface area contributed by atoms with E-state index in [4.69, 9.17) is 4.74 Å². The lowest BCUT2D eigenvalue weighted by Crippen LogP contribution is -2.42. The quantitative estimate of drug-likeness (QED) is 0.329. The fourth-order valence-electron chi connectivity index (χ4n) is 2.28. The molecule has 1 fully saturated rings. The van der Waals surface area contributed by atoms with E-state index in [0.29, 0.717) is 13.2 Å². The van der Waals surface area contributed by atoms with Crippen molar-refractivity contribution in [1.29, 1.82) is 0 Å². The molecule has 0 atom stereocenters. The lowest BCUT2D eigenvalue weighted by atomic mass is 9.96. The molecular formula is C15H23FIN3O. The third-order valence-electron chi connectivity index (χ3n) is 3.71. The van der Waals surface area contributed by atoms with Gasteiger partial charge < -0.3 is 15.4 Å². The molecule has 21 heavy (non-hydrogen) atoms. The van der Waals surface area contributed by atoms with Crippen LogP contribution in [-0.4, -0.2) is 39.8 Å². The van der Waals surface area contributed by atoms with E-state index in [1.165, 1.54) is 6.07 Å². The maximum absolute atomic E-state index is 13.3. The smallest absolute Gasteiger partial charge is 0.191 e. The molecule has 1 aliphatic rings. The molecule has 2 rings (SSSR count). The summed E-state index contributed by atoms with van der Waals surface area (Å²) in [6, 6.07) is 6.89. The average Bonchev–Trinajstić information content (AvgIpc) is 3.24. The zero-order valence-electron chi connectivity index (χ0n) is 12.5. The Bertz CT molecular complexity index is 478. The summed E-state index contributed by atoms with van der Waals surface area (Å²) in [7, 11) is 3.41. The molecule has 0 bridgehead atoms. The Kier molecular flexibility index (Phi) is 7.37. The van der Waals surface area contributed by atoms with Crippen LogP contribution in [-0.2, 0) is 10.2 Å². The molecule has 0 aliphatic heterocycles. The normalized spacial score (nSPS) is 16.0. The highest BCUT2D eigenvalue weighted by atomic mass is 127. The molecule has 0 heterocycles. The van der Waals surface area contributed by atoms with Crippen LogP contribution in [0.1, 0.15) is 18.4 Å². The minimum atomic E-state index is -0.170. The van der Waals surface area contributed by atoms with E-state index in [-0.39, 0.29) is 35.2 Å². The van der Waals surface area contributed by atoms with Gasteiger partial charge in [0.1, 0.15) is 5.82 Å². The van der Waals surface area contributed by atoms with Gasteiger partial charge in [-0.2, -0.15) is 0 Å². The summed E-state index contributed by atoms with van der Waals surface area (Å²) >= 11 is 0. The van der Waals surface area contributed by atoms with Gasteiger partial charge in [-0.15, -0.1) is 24.0 Å². The maximum atomic E-state index is 13.3. The van der Waals surface area contributed by atoms with Crippen LogP contribution in [0, 0.1) is 5.82 Å². The standard InChI is InChI=1S/C15H22FN3O.HI/c1-17-14(18-8-9-20-2)19-11-15(6-7-15)12-4-3-5-13(16)10-12;/h3-5,10H,6-9,11H2,1-2H3,(H2,17,18,19);1H. The van der Waals surface area contributed by atoms with Crippen LogP contribution in [0.3, 0.4) is 0 Å². The van der Waals surface area contributed by atoms with Gasteiger partial charge >= 0.3 is 0 Å². The monoisotopic (exact) mass is 407 g/mol. The lowest BCUT2D eigenvalue weighted by Gasteiger charge is -2.19. The van der Waals surface area contributed by atoms with Crippen LogP contribution in [0.15, 0.2) is 29.3 Å². The molecule has 0 amide bonds. The van der Waals surface area contributed by atoms with Crippen LogP contribution in [0.4, 0.5) is 4.39 Å². The largest absolute Gasteiger partial charge is 0.383 e. The Hall–Kier alpha value is -0.890. The average molecular weight is 407 g/mol. The minimum absolute atomic E-state index is 0. The number of hydrogen-bond acceptors (Lipinski definition) is 2. The summed E-state index contributed by atoms with van der Waals surface area (Å²) in [6.45, 7) is 2.11. The summed E-state index contributed by atoms with van der Waals surface area (Å²) in [5.41, 5.74) is 1.12. The molecule has 0 radical (unpaired) electrons. The van der Waals surface area contributed by atoms with Gasteiger partial charge in [0.25, 0.3) is 0 Å². The number of aliphatic imine (C=N–C) groups is 1. The number of nitrogens with zero attached hydrogens (tertiary/aromatic N) is 1. The van der Waals surface area contributed by atoms with Crippen LogP contribution in [0.25, 0.3) is 0 Å². The summed E-state index contributed by atoms with van der Waals surface area (Å²) < 4.78 is 18.3. The minimum Gasteiger partial charge on any atom is -0.383 e. The number of nitrogens with one attached hydrogen (secondary N) is 2. The summed E-state index contributed by atoms with van der Waals surface area (Å²) in [6.07, 6.45) is 2.16. The van der Waals surface area contributed by atoms with Gasteiger partial charge in [-0.25, -0.2) is 4.39 Å². The van der Waals surface area contributed by atoms with Gasteiger partial charge in [0.2, 0.25) is 0 Å². The molecule has 1 aromatic rings. The van der Waals surface area contributed by atoms with E-state index in [9.17, 15) is 4.39 Å². The molecule has 6 heteroatoms. The Balaban J connectivity index is 0.00000220. The van der Waals surface area contributed by atoms with Crippen LogP contribution < -0.4 is 10.6 Å². The van der Waals surface area contributed by atoms with Crippen molar-refractivity contribution in [2.45, 2.75) is 18.3 Å². The Labute approximate surface area is 142 Å². The van der Waals surface area contributed by atoms with E-state index in [1.807, 2.05) is 6.07 Å². The zero-order chi connectivity index (χ0) is 14.4. The van der Waals surface area contributed by atoms with E-state index >= 15 is 0 Å². The number of guanidine groups is 1. The summed E-state index contributed by atoms with van der Waals surface area (Å²) in [5.74, 6) is 0.584. The first-order chi connectivity index (χ1) is 9.70. The van der Waals surface area contributed by atoms with Crippen molar-refractivity contribution in [3.05, 3.63) is 35.6 Å². The van der Waals surface area contributed by atoms with Crippen LogP contribution in [0.5, 0.6) is 0 Å². The fourth-order valence-corrected chi connectivity index (χ4v) is 2.28. The SMILES string of the molecule is CN=C(NCCOC)NCC1(c2cccc(F)c2)CC1.I. The first-order valence-electron chi connectivity index (χ1n) is 6.90. The summed E-state index contributed by atoms with van der Waals surface area (Å²) in [4.78, 5) is 4.17. The third-order valence-corrected chi connectivity index (χ3v) is 3.71. The van der Waals surface area contributed by atoms with Crippen LogP contribution >= 0.6 is 24.0 Å². The van der Waals surface area contributed by atoms with Crippen molar-refractivity contribution in [1.82, 2.24) is 10.6 Å². The van der Waals surface area contributed by atoms with Gasteiger partial charge in [0.15, 0.2) is 5.96 Å². The van der Waals surface area contributed by atoms with Crippen molar-refractivity contribution in [3.63, 3.8) is 0 Å². The topological polar surface area (TPSA) is 45.7 Å². The van der Waals surface area contributed by atoms with Crippen molar-refractivity contribution < 1.29 is 9.13 Å². The Morgan fingerprint density at radius 3 is 2.71 bits per heavy atom. The second-order valence-corrected chi connectivity index (χ2v) is 5.14. The second kappa shape index (κ2) is 8.53. The predicted octanol–water partition coefficient (Wildman–Crippen LogP) is 2.29. The molecule has 1 saturated carbocycles. The Morgan fingerprint density at radius 1 is 1.38 bits per heavy atom. The van der Waals surface area contributed by atoms with Crippen molar-refractivity contribution in [2.75, 3.05) is 33.9 Å². The highest BCUT2D eigenvalue weighted by molar-refractivity contribution is 14.0. The molecule has 1 aromatic carbocycles. The molecule has 2 N–H and O–H groups in total. The van der Waals surface area contributed by atoms with Gasteiger partial charge in [-0.05, 0) is 30.5 Å². The van der Waals surface area contributed by atoms with Crippen molar-refractivity contribution in [2.24, 2.45) is 4.99 Å². The molecule has 1 aliphatic carbocycles. The van der Waals surface area contributed by atoms with Crippen molar-refractivity contribution in [3.8, 4) is 0 Å². The van der Waals surface area contributed by atoms with E-state index in [1.54, 1.807) is 26.3 Å². The number of ether oxygens (including phenoxy) is 1. The predicted molar refractivity (Wildman–Crippen MR) is 94.0 cm³/mol. The van der Waals surface area contributed by atoms with E-state index in [2.05, 4.69) is 15.6 Å². The highest BCUT2D eigenvalue weighted by Gasteiger charge is 2.44. The number of halogens is 2. The molecule has 0 unspecified atom stereocenters. The van der Waals surface area contributed by atoms with Crippen molar-refractivity contribution >= 4 is 29.9 Å². The molecular weight excluding hydrogens is 384 g/mol.